The van der Waals surface area contributed by atoms with Crippen LogP contribution in [0.5, 0.6) is 0 Å². The SMILES string of the molecule is CC(C)C1NC(=O)N2C(=O)CCCC12. The topological polar surface area (TPSA) is 49.4 Å². The van der Waals surface area contributed by atoms with Crippen LogP contribution < -0.4 is 5.32 Å². The van der Waals surface area contributed by atoms with E-state index >= 15 is 0 Å². The molecule has 0 saturated carbocycles. The van der Waals surface area contributed by atoms with Crippen molar-refractivity contribution < 1.29 is 9.59 Å². The highest BCUT2D eigenvalue weighted by atomic mass is 16.2. The van der Waals surface area contributed by atoms with Gasteiger partial charge in [0, 0.05) is 6.42 Å². The Morgan fingerprint density at radius 2 is 2.14 bits per heavy atom. The zero-order valence-electron chi connectivity index (χ0n) is 8.62. The van der Waals surface area contributed by atoms with Gasteiger partial charge in [-0.3, -0.25) is 9.69 Å². The van der Waals surface area contributed by atoms with Gasteiger partial charge in [-0.15, -0.1) is 0 Å². The molecule has 0 bridgehead atoms. The first-order chi connectivity index (χ1) is 6.61. The summed E-state index contributed by atoms with van der Waals surface area (Å²) < 4.78 is 0. The van der Waals surface area contributed by atoms with Crippen LogP contribution in [0.15, 0.2) is 0 Å². The van der Waals surface area contributed by atoms with Gasteiger partial charge >= 0.3 is 6.03 Å². The predicted molar refractivity (Wildman–Crippen MR) is 51.6 cm³/mol. The molecule has 2 aliphatic rings. The number of carbonyl (C=O) groups is 2. The number of fused-ring (bicyclic) bond motifs is 1. The molecule has 2 atom stereocenters. The average Bonchev–Trinajstić information content (AvgIpc) is 2.45. The van der Waals surface area contributed by atoms with E-state index in [9.17, 15) is 9.59 Å². The maximum atomic E-state index is 11.5. The summed E-state index contributed by atoms with van der Waals surface area (Å²) in [6.45, 7) is 4.15. The molecule has 0 aromatic rings. The van der Waals surface area contributed by atoms with Crippen molar-refractivity contribution in [1.29, 1.82) is 0 Å². The van der Waals surface area contributed by atoms with Crippen LogP contribution in [-0.2, 0) is 4.79 Å². The van der Waals surface area contributed by atoms with Crippen LogP contribution in [0, 0.1) is 5.92 Å². The number of carbonyl (C=O) groups excluding carboxylic acids is 2. The van der Waals surface area contributed by atoms with Gasteiger partial charge in [0.15, 0.2) is 0 Å². The van der Waals surface area contributed by atoms with Gasteiger partial charge in [0.2, 0.25) is 5.91 Å². The zero-order valence-corrected chi connectivity index (χ0v) is 8.62. The minimum absolute atomic E-state index is 0.0121. The van der Waals surface area contributed by atoms with Crippen LogP contribution in [0.2, 0.25) is 0 Å². The van der Waals surface area contributed by atoms with E-state index in [4.69, 9.17) is 0 Å². The Labute approximate surface area is 83.6 Å². The molecule has 2 aliphatic heterocycles. The fourth-order valence-electron chi connectivity index (χ4n) is 2.42. The van der Waals surface area contributed by atoms with E-state index in [0.717, 1.165) is 12.8 Å². The molecule has 0 aliphatic carbocycles. The molecule has 0 aromatic carbocycles. The van der Waals surface area contributed by atoms with Crippen LogP contribution in [0.25, 0.3) is 0 Å². The largest absolute Gasteiger partial charge is 0.333 e. The van der Waals surface area contributed by atoms with Crippen molar-refractivity contribution in [2.75, 3.05) is 0 Å². The second kappa shape index (κ2) is 3.26. The summed E-state index contributed by atoms with van der Waals surface area (Å²) in [5.41, 5.74) is 0. The predicted octanol–water partition coefficient (Wildman–Crippen LogP) is 1.12. The number of hydrogen-bond acceptors (Lipinski definition) is 2. The van der Waals surface area contributed by atoms with Crippen molar-refractivity contribution in [2.24, 2.45) is 5.92 Å². The molecular weight excluding hydrogens is 180 g/mol. The van der Waals surface area contributed by atoms with Crippen LogP contribution in [0.3, 0.4) is 0 Å². The monoisotopic (exact) mass is 196 g/mol. The van der Waals surface area contributed by atoms with Gasteiger partial charge in [0.25, 0.3) is 0 Å². The molecule has 3 amide bonds. The Bertz CT molecular complexity index is 275. The zero-order chi connectivity index (χ0) is 10.3. The number of imide groups is 1. The highest BCUT2D eigenvalue weighted by Crippen LogP contribution is 2.28. The van der Waals surface area contributed by atoms with Crippen LogP contribution >= 0.6 is 0 Å². The van der Waals surface area contributed by atoms with Crippen LogP contribution in [0.1, 0.15) is 33.1 Å². The molecule has 4 nitrogen and oxygen atoms in total. The Balaban J connectivity index is 2.22. The molecule has 14 heavy (non-hydrogen) atoms. The van der Waals surface area contributed by atoms with Crippen molar-refractivity contribution in [3.63, 3.8) is 0 Å². The molecule has 2 heterocycles. The molecule has 1 N–H and O–H groups in total. The van der Waals surface area contributed by atoms with Crippen molar-refractivity contribution in [1.82, 2.24) is 10.2 Å². The summed E-state index contributed by atoms with van der Waals surface area (Å²) in [6.07, 6.45) is 2.39. The van der Waals surface area contributed by atoms with E-state index in [0.29, 0.717) is 12.3 Å². The number of nitrogens with one attached hydrogen (secondary N) is 1. The van der Waals surface area contributed by atoms with Gasteiger partial charge in [-0.1, -0.05) is 13.8 Å². The molecule has 0 spiro atoms. The smallest absolute Gasteiger partial charge is 0.324 e. The van der Waals surface area contributed by atoms with Gasteiger partial charge in [0.05, 0.1) is 12.1 Å². The summed E-state index contributed by atoms with van der Waals surface area (Å²) in [6, 6.07) is 0.0499. The summed E-state index contributed by atoms with van der Waals surface area (Å²) in [5.74, 6) is 0.377. The molecule has 2 rings (SSSR count). The summed E-state index contributed by atoms with van der Waals surface area (Å²) >= 11 is 0. The maximum absolute atomic E-state index is 11.5. The number of rotatable bonds is 1. The molecule has 4 heteroatoms. The second-order valence-corrected chi connectivity index (χ2v) is 4.44. The first kappa shape index (κ1) is 9.49. The highest BCUT2D eigenvalue weighted by molar-refractivity contribution is 5.97. The second-order valence-electron chi connectivity index (χ2n) is 4.44. The van der Waals surface area contributed by atoms with E-state index in [-0.39, 0.29) is 24.0 Å². The normalized spacial score (nSPS) is 32.1. The van der Waals surface area contributed by atoms with E-state index in [1.165, 1.54) is 4.90 Å². The van der Waals surface area contributed by atoms with Gasteiger partial charge in [-0.05, 0) is 18.8 Å². The lowest BCUT2D eigenvalue weighted by molar-refractivity contribution is -0.131. The number of nitrogens with zero attached hydrogens (tertiary/aromatic N) is 1. The van der Waals surface area contributed by atoms with E-state index in [1.807, 2.05) is 0 Å². The van der Waals surface area contributed by atoms with Gasteiger partial charge in [0.1, 0.15) is 0 Å². The first-order valence-electron chi connectivity index (χ1n) is 5.24. The standard InChI is InChI=1S/C10H16N2O2/c1-6(2)9-7-4-3-5-8(13)12(7)10(14)11-9/h6-7,9H,3-5H2,1-2H3,(H,11,14). The third-order valence-corrected chi connectivity index (χ3v) is 3.13. The lowest BCUT2D eigenvalue weighted by atomic mass is 9.91. The molecule has 0 aromatic heterocycles. The highest BCUT2D eigenvalue weighted by Gasteiger charge is 2.45. The van der Waals surface area contributed by atoms with Crippen LogP contribution in [-0.4, -0.2) is 28.9 Å². The van der Waals surface area contributed by atoms with Crippen molar-refractivity contribution in [3.8, 4) is 0 Å². The van der Waals surface area contributed by atoms with Gasteiger partial charge in [-0.25, -0.2) is 4.79 Å². The van der Waals surface area contributed by atoms with Gasteiger partial charge in [-0.2, -0.15) is 0 Å². The van der Waals surface area contributed by atoms with Crippen molar-refractivity contribution in [3.05, 3.63) is 0 Å². The molecule has 2 fully saturated rings. The minimum Gasteiger partial charge on any atom is -0.333 e. The fraction of sp³-hybridized carbons (Fsp3) is 0.800. The fourth-order valence-corrected chi connectivity index (χ4v) is 2.42. The molecule has 2 saturated heterocycles. The Hall–Kier alpha value is -1.06. The Morgan fingerprint density at radius 3 is 2.79 bits per heavy atom. The van der Waals surface area contributed by atoms with Crippen LogP contribution in [0.4, 0.5) is 4.79 Å². The van der Waals surface area contributed by atoms with Gasteiger partial charge < -0.3 is 5.32 Å². The lowest BCUT2D eigenvalue weighted by Crippen LogP contribution is -2.45. The Morgan fingerprint density at radius 1 is 1.43 bits per heavy atom. The summed E-state index contributed by atoms with van der Waals surface area (Å²) in [5, 5.41) is 2.89. The van der Waals surface area contributed by atoms with E-state index < -0.39 is 0 Å². The van der Waals surface area contributed by atoms with E-state index in [1.54, 1.807) is 0 Å². The number of piperidine rings is 1. The quantitative estimate of drug-likeness (QED) is 0.683. The third kappa shape index (κ3) is 1.29. The van der Waals surface area contributed by atoms with Crippen molar-refractivity contribution >= 4 is 11.9 Å². The minimum atomic E-state index is -0.196. The molecule has 78 valence electrons. The number of amides is 3. The third-order valence-electron chi connectivity index (χ3n) is 3.13. The average molecular weight is 196 g/mol. The lowest BCUT2D eigenvalue weighted by Gasteiger charge is -2.30. The van der Waals surface area contributed by atoms with E-state index in [2.05, 4.69) is 19.2 Å². The molecule has 0 radical (unpaired) electrons. The molecular formula is C10H16N2O2. The van der Waals surface area contributed by atoms with Crippen molar-refractivity contribution in [2.45, 2.75) is 45.2 Å². The number of hydrogen-bond donors (Lipinski definition) is 1. The molecule has 2 unspecified atom stereocenters. The Kier molecular flexibility index (Phi) is 2.21. The number of urea groups is 1. The first-order valence-corrected chi connectivity index (χ1v) is 5.24. The maximum Gasteiger partial charge on any atom is 0.324 e. The summed E-state index contributed by atoms with van der Waals surface area (Å²) in [7, 11) is 0. The summed E-state index contributed by atoms with van der Waals surface area (Å²) in [4.78, 5) is 24.5.